The van der Waals surface area contributed by atoms with E-state index in [4.69, 9.17) is 11.6 Å². The minimum absolute atomic E-state index is 0.0206. The Kier molecular flexibility index (Phi) is 4.69. The van der Waals surface area contributed by atoms with Gasteiger partial charge in [0.2, 0.25) is 0 Å². The summed E-state index contributed by atoms with van der Waals surface area (Å²) in [6, 6.07) is 14.7. The number of aromatic nitrogens is 2. The number of H-pyrrole nitrogens is 1. The van der Waals surface area contributed by atoms with Crippen molar-refractivity contribution >= 4 is 39.9 Å². The number of fused-ring (bicyclic) bond motifs is 1. The van der Waals surface area contributed by atoms with Gasteiger partial charge in [0.1, 0.15) is 11.6 Å². The van der Waals surface area contributed by atoms with Gasteiger partial charge in [0.15, 0.2) is 0 Å². The zero-order valence-corrected chi connectivity index (χ0v) is 15.4. The predicted octanol–water partition coefficient (Wildman–Crippen LogP) is 5.18. The molecule has 1 aromatic heterocycles. The van der Waals surface area contributed by atoms with Gasteiger partial charge in [-0.15, -0.1) is 0 Å². The Morgan fingerprint density at radius 3 is 2.69 bits per heavy atom. The molecule has 2 N–H and O–H groups in total. The number of hydrogen-bond donors (Lipinski definition) is 2. The topological polar surface area (TPSA) is 101 Å². The number of anilines is 1. The number of nitrogens with one attached hydrogen (secondary N) is 2. The van der Waals surface area contributed by atoms with E-state index in [1.54, 1.807) is 30.3 Å². The average molecular weight is 411 g/mol. The number of carbonyl (C=O) groups excluding carboxylic acids is 1. The molecule has 4 aromatic rings. The summed E-state index contributed by atoms with van der Waals surface area (Å²) in [5.74, 6) is -0.369. The lowest BCUT2D eigenvalue weighted by Gasteiger charge is -2.06. The smallest absolute Gasteiger partial charge is 0.270 e. The first-order chi connectivity index (χ1) is 13.9. The lowest BCUT2D eigenvalue weighted by atomic mass is 10.2. The van der Waals surface area contributed by atoms with E-state index in [1.165, 1.54) is 24.3 Å². The molecule has 0 atom stereocenters. The zero-order valence-electron chi connectivity index (χ0n) is 14.6. The fourth-order valence-electron chi connectivity index (χ4n) is 2.86. The molecule has 0 unspecified atom stereocenters. The van der Waals surface area contributed by atoms with E-state index in [0.717, 1.165) is 6.07 Å². The number of amides is 1. The van der Waals surface area contributed by atoms with Gasteiger partial charge in [-0.05, 0) is 36.4 Å². The van der Waals surface area contributed by atoms with Crippen LogP contribution in [0.4, 0.5) is 15.8 Å². The molecular weight excluding hydrogens is 399 g/mol. The van der Waals surface area contributed by atoms with Crippen LogP contribution < -0.4 is 5.32 Å². The monoisotopic (exact) mass is 410 g/mol. The van der Waals surface area contributed by atoms with Crippen LogP contribution in [0.1, 0.15) is 10.4 Å². The van der Waals surface area contributed by atoms with Gasteiger partial charge >= 0.3 is 0 Å². The number of halogens is 2. The molecule has 4 rings (SSSR count). The molecule has 0 spiro atoms. The Bertz CT molecular complexity index is 1270. The van der Waals surface area contributed by atoms with Gasteiger partial charge in [0.25, 0.3) is 11.6 Å². The first kappa shape index (κ1) is 18.6. The molecule has 7 nitrogen and oxygen atoms in total. The van der Waals surface area contributed by atoms with E-state index in [1.807, 2.05) is 0 Å². The van der Waals surface area contributed by atoms with Crippen LogP contribution in [0.2, 0.25) is 5.02 Å². The van der Waals surface area contributed by atoms with Crippen molar-refractivity contribution in [3.05, 3.63) is 87.2 Å². The van der Waals surface area contributed by atoms with Gasteiger partial charge < -0.3 is 10.3 Å². The van der Waals surface area contributed by atoms with E-state index in [0.29, 0.717) is 28.1 Å². The first-order valence-corrected chi connectivity index (χ1v) is 8.79. The second kappa shape index (κ2) is 7.33. The third-order valence-electron chi connectivity index (χ3n) is 4.25. The lowest BCUT2D eigenvalue weighted by molar-refractivity contribution is -0.384. The molecule has 0 fully saturated rings. The molecule has 0 aliphatic carbocycles. The number of hydrogen-bond acceptors (Lipinski definition) is 4. The molecule has 0 saturated carbocycles. The molecule has 0 aliphatic heterocycles. The maximum Gasteiger partial charge on any atom is 0.270 e. The van der Waals surface area contributed by atoms with Crippen LogP contribution in [-0.2, 0) is 0 Å². The van der Waals surface area contributed by atoms with E-state index in [-0.39, 0.29) is 22.1 Å². The van der Waals surface area contributed by atoms with Gasteiger partial charge in [-0.1, -0.05) is 23.7 Å². The number of carbonyl (C=O) groups is 1. The fourth-order valence-corrected chi connectivity index (χ4v) is 3.12. The van der Waals surface area contributed by atoms with E-state index < -0.39 is 10.8 Å². The van der Waals surface area contributed by atoms with Crippen molar-refractivity contribution in [2.75, 3.05) is 5.32 Å². The molecule has 0 radical (unpaired) electrons. The average Bonchev–Trinajstić information content (AvgIpc) is 3.11. The number of imidazole rings is 1. The highest BCUT2D eigenvalue weighted by molar-refractivity contribution is 6.34. The summed E-state index contributed by atoms with van der Waals surface area (Å²) < 4.78 is 13.4. The van der Waals surface area contributed by atoms with Crippen molar-refractivity contribution < 1.29 is 14.1 Å². The number of rotatable bonds is 4. The highest BCUT2D eigenvalue weighted by Crippen LogP contribution is 2.26. The standard InChI is InChI=1S/C20H12ClFN4O3/c21-16-10-14(26(28)29)5-6-15(16)20(27)23-13-4-7-17-18(9-13)25-19(24-17)11-2-1-3-12(22)8-11/h1-10H,(H,23,27)(H,24,25). The molecule has 0 saturated heterocycles. The molecule has 0 bridgehead atoms. The Balaban J connectivity index is 1.60. The van der Waals surface area contributed by atoms with Crippen molar-refractivity contribution in [1.82, 2.24) is 9.97 Å². The van der Waals surface area contributed by atoms with Crippen molar-refractivity contribution in [1.29, 1.82) is 0 Å². The molecule has 0 aliphatic rings. The van der Waals surface area contributed by atoms with Gasteiger partial charge in [0, 0.05) is 23.4 Å². The highest BCUT2D eigenvalue weighted by Gasteiger charge is 2.15. The van der Waals surface area contributed by atoms with Crippen molar-refractivity contribution in [2.45, 2.75) is 0 Å². The molecule has 1 heterocycles. The maximum atomic E-state index is 13.4. The van der Waals surface area contributed by atoms with Crippen LogP contribution >= 0.6 is 11.6 Å². The van der Waals surface area contributed by atoms with Gasteiger partial charge in [-0.25, -0.2) is 9.37 Å². The molecule has 3 aromatic carbocycles. The Hall–Kier alpha value is -3.78. The predicted molar refractivity (Wildman–Crippen MR) is 108 cm³/mol. The summed E-state index contributed by atoms with van der Waals surface area (Å²) in [6.07, 6.45) is 0. The minimum Gasteiger partial charge on any atom is -0.338 e. The van der Waals surface area contributed by atoms with Gasteiger partial charge in [-0.2, -0.15) is 0 Å². The highest BCUT2D eigenvalue weighted by atomic mass is 35.5. The summed E-state index contributed by atoms with van der Waals surface area (Å²) in [6.45, 7) is 0. The normalized spacial score (nSPS) is 10.8. The van der Waals surface area contributed by atoms with Gasteiger partial charge in [0.05, 0.1) is 26.5 Å². The molecular formula is C20H12ClFN4O3. The fraction of sp³-hybridized carbons (Fsp3) is 0. The van der Waals surface area contributed by atoms with Crippen molar-refractivity contribution in [3.8, 4) is 11.4 Å². The second-order valence-corrected chi connectivity index (χ2v) is 6.61. The van der Waals surface area contributed by atoms with Crippen LogP contribution in [0, 0.1) is 15.9 Å². The van der Waals surface area contributed by atoms with E-state index in [2.05, 4.69) is 15.3 Å². The van der Waals surface area contributed by atoms with Gasteiger partial charge in [-0.3, -0.25) is 14.9 Å². The Labute approximate surface area is 168 Å². The van der Waals surface area contributed by atoms with Crippen LogP contribution in [0.3, 0.4) is 0 Å². The third kappa shape index (κ3) is 3.78. The van der Waals surface area contributed by atoms with Crippen LogP contribution in [0.5, 0.6) is 0 Å². The Morgan fingerprint density at radius 2 is 1.97 bits per heavy atom. The Morgan fingerprint density at radius 1 is 1.14 bits per heavy atom. The molecule has 1 amide bonds. The zero-order chi connectivity index (χ0) is 20.5. The number of nitro benzene ring substituents is 1. The number of non-ortho nitro benzene ring substituents is 1. The number of benzene rings is 3. The van der Waals surface area contributed by atoms with Crippen molar-refractivity contribution in [2.24, 2.45) is 0 Å². The largest absolute Gasteiger partial charge is 0.338 e. The summed E-state index contributed by atoms with van der Waals surface area (Å²) >= 11 is 6.00. The summed E-state index contributed by atoms with van der Waals surface area (Å²) in [4.78, 5) is 30.2. The molecule has 9 heteroatoms. The van der Waals surface area contributed by atoms with Crippen LogP contribution in [0.15, 0.2) is 60.7 Å². The lowest BCUT2D eigenvalue weighted by Crippen LogP contribution is -2.12. The number of aromatic amines is 1. The first-order valence-electron chi connectivity index (χ1n) is 8.42. The maximum absolute atomic E-state index is 13.4. The second-order valence-electron chi connectivity index (χ2n) is 6.20. The number of nitrogens with zero attached hydrogens (tertiary/aromatic N) is 2. The number of nitro groups is 1. The summed E-state index contributed by atoms with van der Waals surface area (Å²) in [5, 5.41) is 13.5. The van der Waals surface area contributed by atoms with Crippen LogP contribution in [-0.4, -0.2) is 20.8 Å². The van der Waals surface area contributed by atoms with E-state index >= 15 is 0 Å². The summed E-state index contributed by atoms with van der Waals surface area (Å²) in [5.41, 5.74) is 2.29. The SMILES string of the molecule is O=C(Nc1ccc2nc(-c3cccc(F)c3)[nH]c2c1)c1ccc([N+](=O)[O-])cc1Cl. The summed E-state index contributed by atoms with van der Waals surface area (Å²) in [7, 11) is 0. The third-order valence-corrected chi connectivity index (χ3v) is 4.56. The van der Waals surface area contributed by atoms with E-state index in [9.17, 15) is 19.3 Å². The quantitative estimate of drug-likeness (QED) is 0.357. The molecule has 144 valence electrons. The molecule has 29 heavy (non-hydrogen) atoms. The minimum atomic E-state index is -0.587. The van der Waals surface area contributed by atoms with Crippen LogP contribution in [0.25, 0.3) is 22.4 Å². The van der Waals surface area contributed by atoms with Crippen molar-refractivity contribution in [3.63, 3.8) is 0 Å².